The van der Waals surface area contributed by atoms with Crippen LogP contribution in [0.2, 0.25) is 0 Å². The molecule has 0 saturated carbocycles. The Bertz CT molecular complexity index is 448. The minimum atomic E-state index is -1.05. The Morgan fingerprint density at radius 3 is 2.45 bits per heavy atom. The summed E-state index contributed by atoms with van der Waals surface area (Å²) in [6, 6.07) is 0. The van der Waals surface area contributed by atoms with Gasteiger partial charge >= 0.3 is 5.97 Å². The van der Waals surface area contributed by atoms with Crippen molar-refractivity contribution >= 4 is 5.97 Å². The quantitative estimate of drug-likeness (QED) is 0.800. The Morgan fingerprint density at radius 1 is 1.14 bits per heavy atom. The van der Waals surface area contributed by atoms with E-state index in [1.54, 1.807) is 13.8 Å². The molecule has 22 heavy (non-hydrogen) atoms. The number of carboxylic acids is 1. The van der Waals surface area contributed by atoms with E-state index in [-0.39, 0.29) is 6.10 Å². The zero-order valence-electron chi connectivity index (χ0n) is 13.1. The van der Waals surface area contributed by atoms with Gasteiger partial charge in [0.1, 0.15) is 31.0 Å². The summed E-state index contributed by atoms with van der Waals surface area (Å²) in [5.74, 6) is -2.55. The highest BCUT2D eigenvalue weighted by molar-refractivity contribution is 5.68. The number of hydrogen-bond acceptors (Lipinski definition) is 7. The van der Waals surface area contributed by atoms with Crippen LogP contribution in [0, 0.1) is 0 Å². The van der Waals surface area contributed by atoms with Crippen LogP contribution >= 0.6 is 0 Å². The van der Waals surface area contributed by atoms with Crippen LogP contribution in [0.3, 0.4) is 0 Å². The maximum Gasteiger partial charge on any atom is 0.329 e. The fourth-order valence-electron chi connectivity index (χ4n) is 3.04. The Labute approximate surface area is 128 Å². The van der Waals surface area contributed by atoms with E-state index in [1.165, 1.54) is 0 Å². The van der Waals surface area contributed by atoms with Crippen molar-refractivity contribution in [2.24, 2.45) is 0 Å². The maximum absolute atomic E-state index is 10.8. The van der Waals surface area contributed by atoms with Crippen molar-refractivity contribution in [2.45, 2.75) is 70.0 Å². The lowest BCUT2D eigenvalue weighted by Crippen LogP contribution is -2.44. The van der Waals surface area contributed by atoms with Crippen molar-refractivity contribution < 1.29 is 38.3 Å². The molecular weight excluding hydrogens is 296 g/mol. The third-order valence-corrected chi connectivity index (χ3v) is 3.82. The van der Waals surface area contributed by atoms with Gasteiger partial charge in [-0.05, 0) is 27.7 Å². The predicted molar refractivity (Wildman–Crippen MR) is 71.0 cm³/mol. The van der Waals surface area contributed by atoms with Gasteiger partial charge in [-0.25, -0.2) is 4.79 Å². The molecule has 8 nitrogen and oxygen atoms in total. The van der Waals surface area contributed by atoms with Crippen molar-refractivity contribution in [3.8, 4) is 0 Å². The first-order chi connectivity index (χ1) is 10.2. The summed E-state index contributed by atoms with van der Waals surface area (Å²) < 4.78 is 34.2. The maximum atomic E-state index is 10.8. The summed E-state index contributed by atoms with van der Waals surface area (Å²) in [6.07, 6.45) is -2.56. The molecule has 3 aliphatic heterocycles. The summed E-state index contributed by atoms with van der Waals surface area (Å²) in [4.78, 5) is 10.8. The molecule has 0 spiro atoms. The molecule has 126 valence electrons. The van der Waals surface area contributed by atoms with Gasteiger partial charge in [0.05, 0.1) is 6.61 Å². The van der Waals surface area contributed by atoms with Gasteiger partial charge in [0.15, 0.2) is 17.9 Å². The first-order valence-electron chi connectivity index (χ1n) is 7.33. The smallest absolute Gasteiger partial charge is 0.329 e. The van der Waals surface area contributed by atoms with Crippen LogP contribution < -0.4 is 0 Å². The Hall–Kier alpha value is -0.770. The first kappa shape index (κ1) is 16.1. The lowest BCUT2D eigenvalue weighted by molar-refractivity contribution is -0.236. The molecule has 3 heterocycles. The topological polar surface area (TPSA) is 92.7 Å². The second-order valence-corrected chi connectivity index (χ2v) is 6.61. The molecular formula is C14H22O8. The molecule has 3 aliphatic rings. The van der Waals surface area contributed by atoms with E-state index in [2.05, 4.69) is 0 Å². The molecule has 0 unspecified atom stereocenters. The number of fused-ring (bicyclic) bond motifs is 1. The second kappa shape index (κ2) is 5.40. The first-order valence-corrected chi connectivity index (χ1v) is 7.33. The molecule has 1 N–H and O–H groups in total. The summed E-state index contributed by atoms with van der Waals surface area (Å²) in [5.41, 5.74) is 0. The van der Waals surface area contributed by atoms with Crippen molar-refractivity contribution in [3.05, 3.63) is 0 Å². The standard InChI is InChI=1S/C14H22O8/c1-13(2)18-5-7(20-13)9-10(17-6-8(15)16)11-12(19-9)22-14(3,4)21-11/h7,9-12H,5-6H2,1-4H3,(H,15,16)/t7-,9-,10+,11+,12+/m0/s1. The lowest BCUT2D eigenvalue weighted by atomic mass is 10.1. The van der Waals surface area contributed by atoms with Crippen molar-refractivity contribution in [1.82, 2.24) is 0 Å². The highest BCUT2D eigenvalue weighted by Crippen LogP contribution is 2.41. The van der Waals surface area contributed by atoms with E-state index < -0.39 is 48.8 Å². The van der Waals surface area contributed by atoms with Crippen LogP contribution in [0.1, 0.15) is 27.7 Å². The molecule has 0 bridgehead atoms. The molecule has 0 aromatic rings. The van der Waals surface area contributed by atoms with Gasteiger partial charge in [0, 0.05) is 0 Å². The minimum Gasteiger partial charge on any atom is -0.480 e. The number of carboxylic acid groups (broad SMARTS) is 1. The van der Waals surface area contributed by atoms with Crippen molar-refractivity contribution in [3.63, 3.8) is 0 Å². The predicted octanol–water partition coefficient (Wildman–Crippen LogP) is 0.484. The lowest BCUT2D eigenvalue weighted by Gasteiger charge is -2.28. The van der Waals surface area contributed by atoms with E-state index in [0.29, 0.717) is 6.61 Å². The molecule has 0 aliphatic carbocycles. The molecule has 3 rings (SSSR count). The Morgan fingerprint density at radius 2 is 1.86 bits per heavy atom. The molecule has 0 amide bonds. The number of aliphatic carboxylic acids is 1. The Kier molecular flexibility index (Phi) is 3.95. The largest absolute Gasteiger partial charge is 0.480 e. The zero-order chi connectivity index (χ0) is 16.1. The van der Waals surface area contributed by atoms with Crippen LogP contribution in [-0.2, 0) is 33.2 Å². The number of rotatable bonds is 4. The van der Waals surface area contributed by atoms with Gasteiger partial charge in [0.25, 0.3) is 0 Å². The Balaban J connectivity index is 1.73. The summed E-state index contributed by atoms with van der Waals surface area (Å²) in [7, 11) is 0. The van der Waals surface area contributed by atoms with Crippen LogP contribution in [0.5, 0.6) is 0 Å². The highest BCUT2D eigenvalue weighted by atomic mass is 16.8. The van der Waals surface area contributed by atoms with Gasteiger partial charge < -0.3 is 33.5 Å². The van der Waals surface area contributed by atoms with E-state index in [4.69, 9.17) is 33.5 Å². The van der Waals surface area contributed by atoms with Gasteiger partial charge in [0.2, 0.25) is 0 Å². The summed E-state index contributed by atoms with van der Waals surface area (Å²) in [5, 5.41) is 8.86. The summed E-state index contributed by atoms with van der Waals surface area (Å²) in [6.45, 7) is 7.08. The normalized spacial score (nSPS) is 42.5. The molecule has 8 heteroatoms. The molecule has 5 atom stereocenters. The average Bonchev–Trinajstić information content (AvgIpc) is 2.96. The van der Waals surface area contributed by atoms with Crippen molar-refractivity contribution in [1.29, 1.82) is 0 Å². The highest BCUT2D eigenvalue weighted by Gasteiger charge is 2.59. The van der Waals surface area contributed by atoms with E-state index in [0.717, 1.165) is 0 Å². The van der Waals surface area contributed by atoms with E-state index in [1.807, 2.05) is 13.8 Å². The monoisotopic (exact) mass is 318 g/mol. The zero-order valence-corrected chi connectivity index (χ0v) is 13.1. The van der Waals surface area contributed by atoms with Gasteiger partial charge in [-0.15, -0.1) is 0 Å². The fraction of sp³-hybridized carbons (Fsp3) is 0.929. The molecule has 3 saturated heterocycles. The van der Waals surface area contributed by atoms with Crippen LogP contribution in [0.25, 0.3) is 0 Å². The van der Waals surface area contributed by atoms with Crippen LogP contribution in [0.4, 0.5) is 0 Å². The summed E-state index contributed by atoms with van der Waals surface area (Å²) >= 11 is 0. The third-order valence-electron chi connectivity index (χ3n) is 3.82. The van der Waals surface area contributed by atoms with Gasteiger partial charge in [-0.3, -0.25) is 0 Å². The van der Waals surface area contributed by atoms with Crippen LogP contribution in [-0.4, -0.2) is 66.6 Å². The molecule has 0 aromatic heterocycles. The fourth-order valence-corrected chi connectivity index (χ4v) is 3.04. The molecule has 0 radical (unpaired) electrons. The molecule has 0 aromatic carbocycles. The van der Waals surface area contributed by atoms with Gasteiger partial charge in [-0.1, -0.05) is 0 Å². The van der Waals surface area contributed by atoms with Crippen LogP contribution in [0.15, 0.2) is 0 Å². The average molecular weight is 318 g/mol. The van der Waals surface area contributed by atoms with E-state index >= 15 is 0 Å². The molecule has 3 fully saturated rings. The van der Waals surface area contributed by atoms with Gasteiger partial charge in [-0.2, -0.15) is 0 Å². The number of hydrogen-bond donors (Lipinski definition) is 1. The number of carbonyl (C=O) groups is 1. The SMILES string of the molecule is CC1(C)O[C@H]2O[C@@H]([C@@H]3COC(C)(C)O3)[C@@H](OCC(=O)O)[C@H]2O1. The number of ether oxygens (including phenoxy) is 6. The second-order valence-electron chi connectivity index (χ2n) is 6.61. The van der Waals surface area contributed by atoms with Crippen molar-refractivity contribution in [2.75, 3.05) is 13.2 Å². The third kappa shape index (κ3) is 3.12. The van der Waals surface area contributed by atoms with E-state index in [9.17, 15) is 4.79 Å². The minimum absolute atomic E-state index is 0.341.